The summed E-state index contributed by atoms with van der Waals surface area (Å²) in [5.74, 6) is -1.01. The average Bonchev–Trinajstić information content (AvgIpc) is 2.02. The molecule has 4 heteroatoms. The minimum atomic E-state index is -0.888. The minimum absolute atomic E-state index is 0.225. The predicted molar refractivity (Wildman–Crippen MR) is 54.9 cm³/mol. The Kier molecular flexibility index (Phi) is 5.72. The third-order valence-electron chi connectivity index (χ3n) is 2.25. The fourth-order valence-electron chi connectivity index (χ4n) is 1.34. The molecule has 0 aliphatic carbocycles. The van der Waals surface area contributed by atoms with Crippen LogP contribution < -0.4 is 5.73 Å². The van der Waals surface area contributed by atoms with E-state index in [4.69, 9.17) is 10.8 Å². The summed E-state index contributed by atoms with van der Waals surface area (Å²) >= 11 is 0. The number of rotatable bonds is 6. The first kappa shape index (κ1) is 13.4. The zero-order valence-electron chi connectivity index (χ0n) is 9.10. The van der Waals surface area contributed by atoms with Gasteiger partial charge < -0.3 is 15.9 Å². The minimum Gasteiger partial charge on any atom is -0.481 e. The second-order valence-electron chi connectivity index (χ2n) is 4.34. The van der Waals surface area contributed by atoms with Gasteiger partial charge >= 0.3 is 5.97 Å². The Morgan fingerprint density at radius 3 is 2.14 bits per heavy atom. The number of aliphatic carboxylic acids is 1. The number of carbonyl (C=O) groups is 1. The molecule has 0 saturated heterocycles. The molecule has 0 aliphatic rings. The van der Waals surface area contributed by atoms with Crippen LogP contribution in [0.3, 0.4) is 0 Å². The normalized spacial score (nSPS) is 17.9. The number of aliphatic hydroxyl groups is 1. The van der Waals surface area contributed by atoms with E-state index >= 15 is 0 Å². The highest BCUT2D eigenvalue weighted by atomic mass is 16.4. The molecule has 0 heterocycles. The molecule has 3 unspecified atom stereocenters. The Bertz CT molecular complexity index is 182. The standard InChI is InChI=1S/C10H21NO3/c1-6(2)4-8(11)9(12)5-7(3)10(13)14/h6-9,12H,4-5,11H2,1-3H3,(H,13,14). The summed E-state index contributed by atoms with van der Waals surface area (Å²) < 4.78 is 0. The monoisotopic (exact) mass is 203 g/mol. The van der Waals surface area contributed by atoms with Crippen molar-refractivity contribution >= 4 is 5.97 Å². The van der Waals surface area contributed by atoms with Crippen molar-refractivity contribution in [2.45, 2.75) is 45.8 Å². The zero-order chi connectivity index (χ0) is 11.3. The summed E-state index contributed by atoms with van der Waals surface area (Å²) in [6.45, 7) is 5.62. The fourth-order valence-corrected chi connectivity index (χ4v) is 1.34. The first-order chi connectivity index (χ1) is 6.34. The Hall–Kier alpha value is -0.610. The average molecular weight is 203 g/mol. The van der Waals surface area contributed by atoms with Crippen molar-refractivity contribution in [1.29, 1.82) is 0 Å². The van der Waals surface area contributed by atoms with E-state index < -0.39 is 18.0 Å². The second-order valence-corrected chi connectivity index (χ2v) is 4.34. The largest absolute Gasteiger partial charge is 0.481 e. The van der Waals surface area contributed by atoms with E-state index in [9.17, 15) is 9.90 Å². The maximum atomic E-state index is 10.5. The number of carboxylic acid groups (broad SMARTS) is 1. The van der Waals surface area contributed by atoms with Crippen LogP contribution in [0.2, 0.25) is 0 Å². The van der Waals surface area contributed by atoms with E-state index in [0.29, 0.717) is 12.3 Å². The molecule has 4 nitrogen and oxygen atoms in total. The van der Waals surface area contributed by atoms with Crippen LogP contribution in [-0.4, -0.2) is 28.3 Å². The van der Waals surface area contributed by atoms with Gasteiger partial charge in [0.05, 0.1) is 12.0 Å². The highest BCUT2D eigenvalue weighted by Gasteiger charge is 2.21. The lowest BCUT2D eigenvalue weighted by Gasteiger charge is -2.21. The van der Waals surface area contributed by atoms with Crippen molar-refractivity contribution in [2.24, 2.45) is 17.6 Å². The number of nitrogens with two attached hydrogens (primary N) is 1. The van der Waals surface area contributed by atoms with Crippen molar-refractivity contribution in [1.82, 2.24) is 0 Å². The highest BCUT2D eigenvalue weighted by Crippen LogP contribution is 2.13. The fraction of sp³-hybridized carbons (Fsp3) is 0.900. The first-order valence-electron chi connectivity index (χ1n) is 5.01. The summed E-state index contributed by atoms with van der Waals surface area (Å²) in [7, 11) is 0. The SMILES string of the molecule is CC(C)CC(N)C(O)CC(C)C(=O)O. The highest BCUT2D eigenvalue weighted by molar-refractivity contribution is 5.69. The Labute approximate surface area is 85.1 Å². The lowest BCUT2D eigenvalue weighted by Crippen LogP contribution is -2.37. The van der Waals surface area contributed by atoms with Crippen molar-refractivity contribution in [3.63, 3.8) is 0 Å². The van der Waals surface area contributed by atoms with Crippen molar-refractivity contribution < 1.29 is 15.0 Å². The topological polar surface area (TPSA) is 83.5 Å². The molecule has 0 aromatic carbocycles. The van der Waals surface area contributed by atoms with Gasteiger partial charge in [0.2, 0.25) is 0 Å². The Morgan fingerprint density at radius 1 is 1.29 bits per heavy atom. The van der Waals surface area contributed by atoms with Crippen molar-refractivity contribution in [3.8, 4) is 0 Å². The molecule has 0 amide bonds. The molecule has 0 fully saturated rings. The molecule has 0 rings (SSSR count). The molecule has 0 aliphatic heterocycles. The maximum absolute atomic E-state index is 10.5. The molecule has 84 valence electrons. The first-order valence-corrected chi connectivity index (χ1v) is 5.01. The summed E-state index contributed by atoms with van der Waals surface area (Å²) in [6, 6.07) is -0.322. The van der Waals surface area contributed by atoms with Crippen LogP contribution >= 0.6 is 0 Å². The van der Waals surface area contributed by atoms with Crippen LogP contribution in [0.1, 0.15) is 33.6 Å². The lowest BCUT2D eigenvalue weighted by molar-refractivity contribution is -0.142. The van der Waals surface area contributed by atoms with Gasteiger partial charge in [-0.2, -0.15) is 0 Å². The van der Waals surface area contributed by atoms with Crippen molar-refractivity contribution in [3.05, 3.63) is 0 Å². The summed E-state index contributed by atoms with van der Waals surface area (Å²) in [5.41, 5.74) is 5.72. The molecule has 3 atom stereocenters. The van der Waals surface area contributed by atoms with Crippen LogP contribution in [0.4, 0.5) is 0 Å². The van der Waals surface area contributed by atoms with Gasteiger partial charge in [0.1, 0.15) is 0 Å². The molecule has 4 N–H and O–H groups in total. The number of hydrogen-bond acceptors (Lipinski definition) is 3. The van der Waals surface area contributed by atoms with Gasteiger partial charge in [-0.1, -0.05) is 20.8 Å². The number of carboxylic acids is 1. The van der Waals surface area contributed by atoms with E-state index in [1.165, 1.54) is 0 Å². The molecule has 0 aromatic heterocycles. The van der Waals surface area contributed by atoms with Crippen LogP contribution in [0.15, 0.2) is 0 Å². The van der Waals surface area contributed by atoms with Crippen LogP contribution in [0.25, 0.3) is 0 Å². The van der Waals surface area contributed by atoms with E-state index in [-0.39, 0.29) is 12.5 Å². The molecule has 0 aromatic rings. The second kappa shape index (κ2) is 5.98. The lowest BCUT2D eigenvalue weighted by atomic mass is 9.94. The van der Waals surface area contributed by atoms with Gasteiger partial charge in [-0.25, -0.2) is 0 Å². The van der Waals surface area contributed by atoms with E-state index in [1.54, 1.807) is 6.92 Å². The smallest absolute Gasteiger partial charge is 0.306 e. The molecular formula is C10H21NO3. The number of hydrogen-bond donors (Lipinski definition) is 3. The summed E-state index contributed by atoms with van der Waals surface area (Å²) in [6.07, 6.45) is 0.222. The molecule has 0 bridgehead atoms. The predicted octanol–water partition coefficient (Wildman–Crippen LogP) is 0.832. The Balaban J connectivity index is 3.94. The molecule has 14 heavy (non-hydrogen) atoms. The van der Waals surface area contributed by atoms with Gasteiger partial charge in [-0.05, 0) is 18.8 Å². The van der Waals surface area contributed by atoms with Crippen molar-refractivity contribution in [2.75, 3.05) is 0 Å². The molecule has 0 saturated carbocycles. The molecule has 0 spiro atoms. The van der Waals surface area contributed by atoms with Gasteiger partial charge in [-0.15, -0.1) is 0 Å². The quantitative estimate of drug-likeness (QED) is 0.597. The van der Waals surface area contributed by atoms with Gasteiger partial charge in [0.25, 0.3) is 0 Å². The molecule has 0 radical (unpaired) electrons. The Morgan fingerprint density at radius 2 is 1.79 bits per heavy atom. The van der Waals surface area contributed by atoms with E-state index in [2.05, 4.69) is 0 Å². The number of aliphatic hydroxyl groups excluding tert-OH is 1. The summed E-state index contributed by atoms with van der Waals surface area (Å²) in [4.78, 5) is 10.5. The van der Waals surface area contributed by atoms with Crippen LogP contribution in [-0.2, 0) is 4.79 Å². The van der Waals surface area contributed by atoms with Crippen LogP contribution in [0.5, 0.6) is 0 Å². The van der Waals surface area contributed by atoms with E-state index in [1.807, 2.05) is 13.8 Å². The third-order valence-corrected chi connectivity index (χ3v) is 2.25. The van der Waals surface area contributed by atoms with Gasteiger partial charge in [-0.3, -0.25) is 4.79 Å². The van der Waals surface area contributed by atoms with Gasteiger partial charge in [0, 0.05) is 6.04 Å². The van der Waals surface area contributed by atoms with Crippen LogP contribution in [0, 0.1) is 11.8 Å². The summed E-state index contributed by atoms with van der Waals surface area (Å²) in [5, 5.41) is 18.2. The van der Waals surface area contributed by atoms with E-state index in [0.717, 1.165) is 0 Å². The maximum Gasteiger partial charge on any atom is 0.306 e. The van der Waals surface area contributed by atoms with Gasteiger partial charge in [0.15, 0.2) is 0 Å². The molecular weight excluding hydrogens is 182 g/mol. The zero-order valence-corrected chi connectivity index (χ0v) is 9.10. The third kappa shape index (κ3) is 5.19.